The number of hydrogen-bond acceptors (Lipinski definition) is 3. The second kappa shape index (κ2) is 9.47. The maximum Gasteiger partial charge on any atom is 0.391 e. The van der Waals surface area contributed by atoms with Gasteiger partial charge in [0.15, 0.2) is 5.96 Å². The Morgan fingerprint density at radius 2 is 2.04 bits per heavy atom. The Kier molecular flexibility index (Phi) is 8.31. The molecule has 138 valence electrons. The summed E-state index contributed by atoms with van der Waals surface area (Å²) in [6, 6.07) is 1.78. The van der Waals surface area contributed by atoms with E-state index in [9.17, 15) is 13.2 Å². The van der Waals surface area contributed by atoms with Crippen LogP contribution in [0.4, 0.5) is 13.2 Å². The number of nitrogens with zero attached hydrogens (tertiary/aromatic N) is 3. The van der Waals surface area contributed by atoms with Gasteiger partial charge < -0.3 is 14.7 Å². The summed E-state index contributed by atoms with van der Waals surface area (Å²) >= 11 is 0. The molecule has 1 fully saturated rings. The highest BCUT2D eigenvalue weighted by molar-refractivity contribution is 14.0. The van der Waals surface area contributed by atoms with Gasteiger partial charge in [0.25, 0.3) is 0 Å². The molecule has 1 aliphatic carbocycles. The first-order valence-electron chi connectivity index (χ1n) is 7.78. The van der Waals surface area contributed by atoms with Gasteiger partial charge in [0.2, 0.25) is 0 Å². The first-order valence-corrected chi connectivity index (χ1v) is 7.78. The summed E-state index contributed by atoms with van der Waals surface area (Å²) in [5.74, 6) is -0.176. The summed E-state index contributed by atoms with van der Waals surface area (Å²) in [5.41, 5.74) is 0.793. The molecule has 0 atom stereocenters. The topological polar surface area (TPSA) is 53.7 Å². The van der Waals surface area contributed by atoms with E-state index in [1.54, 1.807) is 13.1 Å². The Bertz CT molecular complexity index is 499. The average molecular weight is 460 g/mol. The molecule has 0 saturated heterocycles. The molecule has 0 unspecified atom stereocenters. The van der Waals surface area contributed by atoms with Crippen molar-refractivity contribution in [2.24, 2.45) is 16.8 Å². The van der Waals surface area contributed by atoms with Crippen molar-refractivity contribution < 1.29 is 17.7 Å². The summed E-state index contributed by atoms with van der Waals surface area (Å²) in [6.45, 7) is 1.19. The van der Waals surface area contributed by atoms with Crippen LogP contribution < -0.4 is 5.32 Å². The van der Waals surface area contributed by atoms with Crippen molar-refractivity contribution in [3.05, 3.63) is 18.0 Å². The molecular formula is C15H24F3IN4O. The van der Waals surface area contributed by atoms with Crippen LogP contribution in [0, 0.1) is 11.8 Å². The Morgan fingerprint density at radius 3 is 2.54 bits per heavy atom. The summed E-state index contributed by atoms with van der Waals surface area (Å²) in [4.78, 5) is 6.10. The van der Waals surface area contributed by atoms with E-state index in [1.807, 2.05) is 11.9 Å². The summed E-state index contributed by atoms with van der Waals surface area (Å²) in [7, 11) is 3.56. The fourth-order valence-corrected chi connectivity index (χ4v) is 2.95. The lowest BCUT2D eigenvalue weighted by Gasteiger charge is -2.31. The highest BCUT2D eigenvalue weighted by Crippen LogP contribution is 2.39. The van der Waals surface area contributed by atoms with Crippen LogP contribution in [0.2, 0.25) is 0 Å². The predicted octanol–water partition coefficient (Wildman–Crippen LogP) is 3.67. The fraction of sp³-hybridized carbons (Fsp3) is 0.733. The average Bonchev–Trinajstić information content (AvgIpc) is 3.00. The third-order valence-corrected chi connectivity index (χ3v) is 4.32. The van der Waals surface area contributed by atoms with Crippen LogP contribution in [-0.4, -0.2) is 42.8 Å². The van der Waals surface area contributed by atoms with Crippen LogP contribution in [-0.2, 0) is 6.54 Å². The minimum Gasteiger partial charge on any atom is -0.364 e. The lowest BCUT2D eigenvalue weighted by atomic mass is 9.81. The van der Waals surface area contributed by atoms with E-state index in [0.717, 1.165) is 5.69 Å². The molecule has 0 amide bonds. The smallest absolute Gasteiger partial charge is 0.364 e. The van der Waals surface area contributed by atoms with Gasteiger partial charge in [0.1, 0.15) is 12.0 Å². The number of aliphatic imine (C=N–C) groups is 1. The standard InChI is InChI=1S/C15H23F3N4O.HI/c1-19-14(22(2)10-13-7-8-23-21-13)20-9-11-3-5-12(6-4-11)15(16,17)18;/h7-8,11-12H,3-6,9-10H2,1-2H3,(H,19,20);1H. The normalized spacial score (nSPS) is 22.0. The minimum atomic E-state index is -4.05. The zero-order valence-electron chi connectivity index (χ0n) is 13.8. The lowest BCUT2D eigenvalue weighted by Crippen LogP contribution is -2.41. The predicted molar refractivity (Wildman–Crippen MR) is 96.2 cm³/mol. The summed E-state index contributed by atoms with van der Waals surface area (Å²) < 4.78 is 42.8. The summed E-state index contributed by atoms with van der Waals surface area (Å²) in [5, 5.41) is 7.09. The third-order valence-electron chi connectivity index (χ3n) is 4.32. The van der Waals surface area contributed by atoms with Crippen LogP contribution in [0.1, 0.15) is 31.4 Å². The molecule has 1 N–H and O–H groups in total. The van der Waals surface area contributed by atoms with E-state index in [2.05, 4.69) is 15.5 Å². The van der Waals surface area contributed by atoms with Crippen LogP contribution >= 0.6 is 24.0 Å². The van der Waals surface area contributed by atoms with Gasteiger partial charge in [0.05, 0.1) is 12.5 Å². The molecule has 5 nitrogen and oxygen atoms in total. The molecule has 9 heteroatoms. The van der Waals surface area contributed by atoms with Crippen molar-refractivity contribution in [2.75, 3.05) is 20.6 Å². The van der Waals surface area contributed by atoms with Gasteiger partial charge in [-0.15, -0.1) is 24.0 Å². The first kappa shape index (κ1) is 21.0. The van der Waals surface area contributed by atoms with E-state index in [0.29, 0.717) is 31.9 Å². The quantitative estimate of drug-likeness (QED) is 0.424. The van der Waals surface area contributed by atoms with E-state index in [4.69, 9.17) is 4.52 Å². The monoisotopic (exact) mass is 460 g/mol. The molecule has 1 aliphatic rings. The number of guanidine groups is 1. The van der Waals surface area contributed by atoms with E-state index < -0.39 is 12.1 Å². The minimum absolute atomic E-state index is 0. The molecule has 1 aromatic rings. The maximum absolute atomic E-state index is 12.7. The fourth-order valence-electron chi connectivity index (χ4n) is 2.95. The molecule has 24 heavy (non-hydrogen) atoms. The Hall–Kier alpha value is -1.00. The molecule has 0 aliphatic heterocycles. The van der Waals surface area contributed by atoms with Crippen LogP contribution in [0.5, 0.6) is 0 Å². The molecule has 1 saturated carbocycles. The summed E-state index contributed by atoms with van der Waals surface area (Å²) in [6.07, 6.45) is -0.889. The van der Waals surface area contributed by atoms with Gasteiger partial charge in [-0.25, -0.2) is 0 Å². The molecular weight excluding hydrogens is 436 g/mol. The van der Waals surface area contributed by atoms with Gasteiger partial charge in [-0.3, -0.25) is 4.99 Å². The molecule has 0 bridgehead atoms. The van der Waals surface area contributed by atoms with Crippen LogP contribution in [0.3, 0.4) is 0 Å². The van der Waals surface area contributed by atoms with Crippen LogP contribution in [0.25, 0.3) is 0 Å². The van der Waals surface area contributed by atoms with Crippen molar-refractivity contribution in [3.63, 3.8) is 0 Å². The van der Waals surface area contributed by atoms with Gasteiger partial charge in [-0.1, -0.05) is 5.16 Å². The third kappa shape index (κ3) is 6.14. The molecule has 1 heterocycles. The molecule has 1 aromatic heterocycles. The van der Waals surface area contributed by atoms with Crippen molar-refractivity contribution >= 4 is 29.9 Å². The van der Waals surface area contributed by atoms with E-state index in [1.165, 1.54) is 6.26 Å². The largest absolute Gasteiger partial charge is 0.391 e. The first-order chi connectivity index (χ1) is 10.9. The van der Waals surface area contributed by atoms with Crippen LogP contribution in [0.15, 0.2) is 21.8 Å². The Balaban J connectivity index is 0.00000288. The SMILES string of the molecule is CN=C(NCC1CCC(C(F)(F)F)CC1)N(C)Cc1ccon1.I. The number of rotatable bonds is 4. The molecule has 2 rings (SSSR count). The van der Waals surface area contributed by atoms with Crippen molar-refractivity contribution in [2.45, 2.75) is 38.4 Å². The Morgan fingerprint density at radius 1 is 1.38 bits per heavy atom. The number of aromatic nitrogens is 1. The Labute approximate surface area is 157 Å². The van der Waals surface area contributed by atoms with E-state index >= 15 is 0 Å². The zero-order chi connectivity index (χ0) is 16.9. The van der Waals surface area contributed by atoms with Crippen molar-refractivity contribution in [3.8, 4) is 0 Å². The molecule has 0 radical (unpaired) electrons. The molecule has 0 spiro atoms. The number of halogens is 4. The van der Waals surface area contributed by atoms with Gasteiger partial charge in [-0.2, -0.15) is 13.2 Å². The lowest BCUT2D eigenvalue weighted by molar-refractivity contribution is -0.183. The van der Waals surface area contributed by atoms with Crippen molar-refractivity contribution in [1.29, 1.82) is 0 Å². The number of alkyl halides is 3. The maximum atomic E-state index is 12.7. The van der Waals surface area contributed by atoms with E-state index in [-0.39, 0.29) is 42.7 Å². The second-order valence-corrected chi connectivity index (χ2v) is 6.03. The zero-order valence-corrected chi connectivity index (χ0v) is 16.2. The highest BCUT2D eigenvalue weighted by Gasteiger charge is 2.41. The number of nitrogens with one attached hydrogen (secondary N) is 1. The van der Waals surface area contributed by atoms with Gasteiger partial charge in [-0.05, 0) is 31.6 Å². The van der Waals surface area contributed by atoms with Crippen molar-refractivity contribution in [1.82, 2.24) is 15.4 Å². The molecule has 0 aromatic carbocycles. The van der Waals surface area contributed by atoms with Gasteiger partial charge >= 0.3 is 6.18 Å². The second-order valence-electron chi connectivity index (χ2n) is 6.03. The van der Waals surface area contributed by atoms with Gasteiger partial charge in [0, 0.05) is 26.7 Å². The highest BCUT2D eigenvalue weighted by atomic mass is 127. The number of hydrogen-bond donors (Lipinski definition) is 1.